The highest BCUT2D eigenvalue weighted by Crippen LogP contribution is 2.40. The number of H-pyrrole nitrogens is 1. The molecule has 0 atom stereocenters. The molecule has 2 aromatic heterocycles. The van der Waals surface area contributed by atoms with Gasteiger partial charge in [0.25, 0.3) is 0 Å². The first kappa shape index (κ1) is 16.7. The quantitative estimate of drug-likeness (QED) is 0.373. The summed E-state index contributed by atoms with van der Waals surface area (Å²) in [4.78, 5) is 10.1. The molecule has 4 aromatic rings. The maximum absolute atomic E-state index is 10.5. The minimum absolute atomic E-state index is 0.282. The third kappa shape index (κ3) is 2.74. The molecule has 0 aliphatic carbocycles. The number of aryl methyl sites for hydroxylation is 1. The van der Waals surface area contributed by atoms with Gasteiger partial charge in [0.2, 0.25) is 0 Å². The first-order chi connectivity index (χ1) is 12.6. The molecule has 2 heterocycles. The van der Waals surface area contributed by atoms with Crippen molar-refractivity contribution < 1.29 is 5.11 Å². The number of anilines is 1. The molecule has 0 spiro atoms. The molecule has 5 heteroatoms. The number of aromatic hydroxyl groups is 1. The van der Waals surface area contributed by atoms with Crippen LogP contribution >= 0.6 is 0 Å². The highest BCUT2D eigenvalue weighted by Gasteiger charge is 2.15. The van der Waals surface area contributed by atoms with Crippen LogP contribution in [0.1, 0.15) is 12.0 Å². The molecule has 2 aromatic carbocycles. The van der Waals surface area contributed by atoms with Crippen molar-refractivity contribution in [2.45, 2.75) is 13.3 Å². The SMILES string of the molecule is Cc1cncc2c1[nH]c1ccc3ccc(O)c(NCCCN(C)C)c3c12. The summed E-state index contributed by atoms with van der Waals surface area (Å²) in [6, 6.07) is 7.93. The number of hydrogen-bond acceptors (Lipinski definition) is 4. The molecule has 4 rings (SSSR count). The topological polar surface area (TPSA) is 64.2 Å². The molecule has 0 aliphatic rings. The molecule has 0 amide bonds. The average molecular weight is 348 g/mol. The third-order valence-corrected chi connectivity index (χ3v) is 4.91. The minimum Gasteiger partial charge on any atom is -0.506 e. The molecule has 3 N–H and O–H groups in total. The standard InChI is InChI=1S/C21H24N4O/c1-13-11-22-12-15-19-16(24-20(13)15)7-5-14-6-8-17(26)21(18(14)19)23-9-4-10-25(2)3/h5-8,11-12,23-24,26H,4,9-10H2,1-3H3. The van der Waals surface area contributed by atoms with E-state index in [2.05, 4.69) is 53.3 Å². The molecule has 0 unspecified atom stereocenters. The van der Waals surface area contributed by atoms with E-state index < -0.39 is 0 Å². The van der Waals surface area contributed by atoms with Crippen LogP contribution in [-0.2, 0) is 0 Å². The molecule has 134 valence electrons. The van der Waals surface area contributed by atoms with E-state index >= 15 is 0 Å². The molecular weight excluding hydrogens is 324 g/mol. The summed E-state index contributed by atoms with van der Waals surface area (Å²) in [7, 11) is 4.14. The second-order valence-electron chi connectivity index (χ2n) is 7.13. The summed E-state index contributed by atoms with van der Waals surface area (Å²) in [5.74, 6) is 0.282. The van der Waals surface area contributed by atoms with Crippen molar-refractivity contribution in [1.29, 1.82) is 0 Å². The molecule has 0 saturated carbocycles. The number of pyridine rings is 1. The zero-order valence-electron chi connectivity index (χ0n) is 15.4. The Morgan fingerprint density at radius 3 is 2.73 bits per heavy atom. The Bertz CT molecular complexity index is 1100. The Kier molecular flexibility index (Phi) is 4.17. The van der Waals surface area contributed by atoms with Gasteiger partial charge in [-0.2, -0.15) is 0 Å². The van der Waals surface area contributed by atoms with E-state index in [0.717, 1.165) is 63.3 Å². The molecule has 26 heavy (non-hydrogen) atoms. The zero-order valence-corrected chi connectivity index (χ0v) is 15.4. The van der Waals surface area contributed by atoms with Gasteiger partial charge in [-0.3, -0.25) is 4.98 Å². The van der Waals surface area contributed by atoms with E-state index in [4.69, 9.17) is 0 Å². The first-order valence-electron chi connectivity index (χ1n) is 8.95. The lowest BCUT2D eigenvalue weighted by Gasteiger charge is -2.14. The zero-order chi connectivity index (χ0) is 18.3. The summed E-state index contributed by atoms with van der Waals surface area (Å²) >= 11 is 0. The highest BCUT2D eigenvalue weighted by atomic mass is 16.3. The van der Waals surface area contributed by atoms with Gasteiger partial charge in [0.1, 0.15) is 5.75 Å². The third-order valence-electron chi connectivity index (χ3n) is 4.91. The van der Waals surface area contributed by atoms with E-state index in [1.807, 2.05) is 18.5 Å². The van der Waals surface area contributed by atoms with Crippen LogP contribution in [0.15, 0.2) is 36.7 Å². The Hall–Kier alpha value is -2.79. The molecule has 0 radical (unpaired) electrons. The van der Waals surface area contributed by atoms with Crippen molar-refractivity contribution in [2.24, 2.45) is 0 Å². The Morgan fingerprint density at radius 1 is 1.12 bits per heavy atom. The smallest absolute Gasteiger partial charge is 0.139 e. The molecule has 0 fully saturated rings. The fourth-order valence-corrected chi connectivity index (χ4v) is 3.63. The van der Waals surface area contributed by atoms with Gasteiger partial charge in [0.15, 0.2) is 0 Å². The summed E-state index contributed by atoms with van der Waals surface area (Å²) in [6.07, 6.45) is 4.78. The van der Waals surface area contributed by atoms with E-state index in [1.165, 1.54) is 0 Å². The van der Waals surface area contributed by atoms with E-state index in [1.54, 1.807) is 6.07 Å². The van der Waals surface area contributed by atoms with Gasteiger partial charge in [-0.05, 0) is 57.1 Å². The maximum atomic E-state index is 10.5. The Morgan fingerprint density at radius 2 is 1.92 bits per heavy atom. The predicted octanol–water partition coefficient (Wildman–Crippen LogP) is 4.25. The van der Waals surface area contributed by atoms with Crippen LogP contribution in [0.2, 0.25) is 0 Å². The summed E-state index contributed by atoms with van der Waals surface area (Å²) in [5.41, 5.74) is 4.08. The predicted molar refractivity (Wildman–Crippen MR) is 109 cm³/mol. The van der Waals surface area contributed by atoms with Crippen molar-refractivity contribution >= 4 is 38.3 Å². The number of nitrogens with zero attached hydrogens (tertiary/aromatic N) is 2. The van der Waals surface area contributed by atoms with Crippen LogP contribution in [0.4, 0.5) is 5.69 Å². The lowest BCUT2D eigenvalue weighted by Crippen LogP contribution is -2.16. The number of hydrogen-bond donors (Lipinski definition) is 3. The van der Waals surface area contributed by atoms with Gasteiger partial charge in [0.05, 0.1) is 11.2 Å². The lowest BCUT2D eigenvalue weighted by molar-refractivity contribution is 0.405. The minimum atomic E-state index is 0.282. The van der Waals surface area contributed by atoms with Gasteiger partial charge in [0, 0.05) is 40.6 Å². The second kappa shape index (κ2) is 6.50. The van der Waals surface area contributed by atoms with E-state index in [0.29, 0.717) is 0 Å². The molecule has 0 saturated heterocycles. The van der Waals surface area contributed by atoms with Crippen molar-refractivity contribution in [1.82, 2.24) is 14.9 Å². The van der Waals surface area contributed by atoms with Crippen LogP contribution in [0.25, 0.3) is 32.6 Å². The Balaban J connectivity index is 1.92. The van der Waals surface area contributed by atoms with E-state index in [9.17, 15) is 5.11 Å². The fourth-order valence-electron chi connectivity index (χ4n) is 3.63. The normalized spacial score (nSPS) is 11.8. The number of rotatable bonds is 5. The van der Waals surface area contributed by atoms with Gasteiger partial charge in [-0.15, -0.1) is 0 Å². The van der Waals surface area contributed by atoms with Gasteiger partial charge in [-0.1, -0.05) is 12.1 Å². The van der Waals surface area contributed by atoms with Crippen LogP contribution in [0.3, 0.4) is 0 Å². The van der Waals surface area contributed by atoms with E-state index in [-0.39, 0.29) is 5.75 Å². The number of nitrogens with one attached hydrogen (secondary N) is 2. The van der Waals surface area contributed by atoms with Crippen LogP contribution in [0.5, 0.6) is 5.75 Å². The van der Waals surface area contributed by atoms with Crippen molar-refractivity contribution in [3.05, 3.63) is 42.2 Å². The molecule has 0 aliphatic heterocycles. The number of fused-ring (bicyclic) bond motifs is 5. The molecule has 0 bridgehead atoms. The van der Waals surface area contributed by atoms with Gasteiger partial charge < -0.3 is 20.3 Å². The fraction of sp³-hybridized carbons (Fsp3) is 0.286. The van der Waals surface area contributed by atoms with Crippen LogP contribution in [-0.4, -0.2) is 47.2 Å². The van der Waals surface area contributed by atoms with Crippen molar-refractivity contribution in [3.8, 4) is 5.75 Å². The number of aromatic nitrogens is 2. The summed E-state index contributed by atoms with van der Waals surface area (Å²) < 4.78 is 0. The molecular formula is C21H24N4O. The number of phenols is 1. The Labute approximate surface area is 152 Å². The first-order valence-corrected chi connectivity index (χ1v) is 8.95. The van der Waals surface area contributed by atoms with Crippen LogP contribution in [0, 0.1) is 6.92 Å². The van der Waals surface area contributed by atoms with Gasteiger partial charge in [-0.25, -0.2) is 0 Å². The maximum Gasteiger partial charge on any atom is 0.139 e. The second-order valence-corrected chi connectivity index (χ2v) is 7.13. The van der Waals surface area contributed by atoms with Crippen LogP contribution < -0.4 is 5.32 Å². The monoisotopic (exact) mass is 348 g/mol. The summed E-state index contributed by atoms with van der Waals surface area (Å²) in [5, 5.41) is 18.4. The average Bonchev–Trinajstić information content (AvgIpc) is 3.00. The lowest BCUT2D eigenvalue weighted by atomic mass is 10.0. The van der Waals surface area contributed by atoms with Crippen molar-refractivity contribution in [3.63, 3.8) is 0 Å². The summed E-state index contributed by atoms with van der Waals surface area (Å²) in [6.45, 7) is 3.87. The van der Waals surface area contributed by atoms with Crippen molar-refractivity contribution in [2.75, 3.05) is 32.5 Å². The van der Waals surface area contributed by atoms with Gasteiger partial charge >= 0.3 is 0 Å². The molecule has 5 nitrogen and oxygen atoms in total. The number of phenolic OH excluding ortho intramolecular Hbond substituents is 1. The largest absolute Gasteiger partial charge is 0.506 e. The number of aromatic amines is 1. The highest BCUT2D eigenvalue weighted by molar-refractivity contribution is 6.24. The number of benzene rings is 2.